The maximum absolute atomic E-state index is 3.05. The van der Waals surface area contributed by atoms with Crippen molar-refractivity contribution in [2.75, 3.05) is 0 Å². The topological polar surface area (TPSA) is 0 Å². The van der Waals surface area contributed by atoms with Crippen molar-refractivity contribution in [3.05, 3.63) is 65.8 Å². The van der Waals surface area contributed by atoms with Gasteiger partial charge in [-0.3, -0.25) is 6.08 Å². The molecule has 0 aliphatic heterocycles. The fourth-order valence-corrected chi connectivity index (χ4v) is 1.79. The molecule has 0 saturated heterocycles. The van der Waals surface area contributed by atoms with Crippen molar-refractivity contribution in [1.29, 1.82) is 0 Å². The minimum absolute atomic E-state index is 0.210. The first-order chi connectivity index (χ1) is 9.50. The number of allylic oxidation sites excluding steroid dienone is 4. The van der Waals surface area contributed by atoms with Gasteiger partial charge in [-0.25, -0.2) is 12.2 Å². The Morgan fingerprint density at radius 2 is 1.85 bits per heavy atom. The van der Waals surface area contributed by atoms with E-state index in [1.165, 1.54) is 21.9 Å². The largest absolute Gasteiger partial charge is 0.156 e. The van der Waals surface area contributed by atoms with E-state index < -0.39 is 0 Å². The molecule has 1 aliphatic carbocycles. The molecule has 0 atom stereocenters. The van der Waals surface area contributed by atoms with Gasteiger partial charge < -0.3 is 0 Å². The molecule has 1 aliphatic rings. The molecule has 2 aromatic carbocycles. The summed E-state index contributed by atoms with van der Waals surface area (Å²) in [6, 6.07) is 12.8. The van der Waals surface area contributed by atoms with E-state index >= 15 is 0 Å². The molecule has 0 N–H and O–H groups in total. The predicted molar refractivity (Wildman–Crippen MR) is 87.9 cm³/mol. The molecule has 0 bridgehead atoms. The van der Waals surface area contributed by atoms with Crippen LogP contribution < -0.4 is 0 Å². The molecule has 0 nitrogen and oxygen atoms in total. The maximum Gasteiger partial charge on any atom is -0.0809 e. The third-order valence-corrected chi connectivity index (χ3v) is 2.77. The van der Waals surface area contributed by atoms with Gasteiger partial charge in [0, 0.05) is 0 Å². The van der Waals surface area contributed by atoms with E-state index in [-0.39, 0.29) is 5.43 Å². The van der Waals surface area contributed by atoms with Crippen molar-refractivity contribution >= 4 is 16.2 Å². The number of rotatable bonds is 0. The first-order valence-corrected chi connectivity index (χ1v) is 13.0. The molecule has 102 valence electrons. The van der Waals surface area contributed by atoms with Crippen molar-refractivity contribution in [3.8, 4) is 0 Å². The van der Waals surface area contributed by atoms with Crippen molar-refractivity contribution in [2.24, 2.45) is 0 Å². The molecule has 0 amide bonds. The minimum atomic E-state index is 0.210. The Morgan fingerprint density at radius 1 is 1.20 bits per heavy atom. The van der Waals surface area contributed by atoms with E-state index in [9.17, 15) is 0 Å². The van der Waals surface area contributed by atoms with Gasteiger partial charge >= 0.3 is 41.9 Å². The zero-order chi connectivity index (χ0) is 15.0. The van der Waals surface area contributed by atoms with E-state index in [1.54, 1.807) is 23.3 Å². The van der Waals surface area contributed by atoms with E-state index in [1.807, 2.05) is 6.08 Å². The summed E-state index contributed by atoms with van der Waals surface area (Å²) in [5.74, 6) is 0. The molecule has 3 rings (SSSR count). The SMILES string of the molecule is CC1=CC=[C-]C1.C[Si](C)=[Zr+2].Cc1c[cH-]c2ccccc12. The smallest absolute Gasteiger partial charge is 0.0809 e. The molecule has 0 spiro atoms. The Morgan fingerprint density at radius 3 is 2.30 bits per heavy atom. The number of hydrogen-bond donors (Lipinski definition) is 0. The first kappa shape index (κ1) is 17.5. The van der Waals surface area contributed by atoms with Crippen LogP contribution in [0.2, 0.25) is 13.1 Å². The van der Waals surface area contributed by atoms with Crippen molar-refractivity contribution < 1.29 is 23.3 Å². The van der Waals surface area contributed by atoms with Crippen LogP contribution in [0.15, 0.2) is 54.1 Å². The van der Waals surface area contributed by atoms with Crippen LogP contribution in [0.25, 0.3) is 10.8 Å². The summed E-state index contributed by atoms with van der Waals surface area (Å²) in [4.78, 5) is 0. The predicted octanol–water partition coefficient (Wildman–Crippen LogP) is 5.35. The Bertz CT molecular complexity index is 613. The fraction of sp³-hybridized carbons (Fsp3) is 0.278. The molecule has 0 fully saturated rings. The van der Waals surface area contributed by atoms with Gasteiger partial charge in [0.05, 0.1) is 0 Å². The third kappa shape index (κ3) is 6.72. The van der Waals surface area contributed by atoms with Gasteiger partial charge in [-0.05, 0) is 0 Å². The van der Waals surface area contributed by atoms with Crippen molar-refractivity contribution in [1.82, 2.24) is 0 Å². The van der Waals surface area contributed by atoms with Crippen LogP contribution in [0, 0.1) is 13.0 Å². The van der Waals surface area contributed by atoms with E-state index in [0.29, 0.717) is 0 Å². The number of aryl methyl sites for hydroxylation is 1. The van der Waals surface area contributed by atoms with Gasteiger partial charge in [0.15, 0.2) is 0 Å². The van der Waals surface area contributed by atoms with Gasteiger partial charge in [0.1, 0.15) is 0 Å². The molecule has 2 aromatic rings. The van der Waals surface area contributed by atoms with E-state index in [4.69, 9.17) is 0 Å². The molecule has 0 unspecified atom stereocenters. The van der Waals surface area contributed by atoms with Crippen LogP contribution in [-0.4, -0.2) is 5.43 Å². The minimum Gasteiger partial charge on any atom is -0.156 e. The summed E-state index contributed by atoms with van der Waals surface area (Å²) in [5, 5.41) is 2.72. The number of benzene rings is 1. The summed E-state index contributed by atoms with van der Waals surface area (Å²) in [7, 11) is 0. The molecule has 0 radical (unpaired) electrons. The second-order valence-corrected chi connectivity index (χ2v) is 14.5. The normalized spacial score (nSPS) is 12.2. The average Bonchev–Trinajstić information content (AvgIpc) is 3.00. The Labute approximate surface area is 138 Å². The molecule has 0 aromatic heterocycles. The molecular weight excluding hydrogens is 336 g/mol. The van der Waals surface area contributed by atoms with Crippen LogP contribution in [0.3, 0.4) is 0 Å². The monoisotopic (exact) mass is 356 g/mol. The van der Waals surface area contributed by atoms with Crippen LogP contribution in [0.4, 0.5) is 0 Å². The second-order valence-electron chi connectivity index (χ2n) is 5.16. The van der Waals surface area contributed by atoms with Gasteiger partial charge in [-0.2, -0.15) is 17.2 Å². The Balaban J connectivity index is 0.000000172. The van der Waals surface area contributed by atoms with Crippen LogP contribution in [0.5, 0.6) is 0 Å². The van der Waals surface area contributed by atoms with Crippen LogP contribution in [0.1, 0.15) is 18.9 Å². The Kier molecular flexibility index (Phi) is 8.18. The van der Waals surface area contributed by atoms with E-state index in [0.717, 1.165) is 6.42 Å². The third-order valence-electron chi connectivity index (χ3n) is 2.77. The average molecular weight is 358 g/mol. The summed E-state index contributed by atoms with van der Waals surface area (Å²) in [5.41, 5.74) is 2.99. The van der Waals surface area contributed by atoms with Crippen molar-refractivity contribution in [3.63, 3.8) is 0 Å². The molecule has 0 heterocycles. The molecular formula is C18H22SiZr. The maximum atomic E-state index is 3.05. The van der Waals surface area contributed by atoms with E-state index in [2.05, 4.69) is 75.5 Å². The summed E-state index contributed by atoms with van der Waals surface area (Å²) >= 11 is 1.74. The standard InChI is InChI=1S/C10H9.C6H7.C2H6Si.Zr/c1-8-6-7-9-4-2-3-5-10(8)9;1-6-4-2-3-5-6;1-3-2;/h2-7H,1H3;2,4H,5H2,1H3;1-2H3;/q2*-1;;+2. The van der Waals surface area contributed by atoms with Gasteiger partial charge in [0.2, 0.25) is 0 Å². The van der Waals surface area contributed by atoms with Crippen molar-refractivity contribution in [2.45, 2.75) is 33.4 Å². The Hall–Kier alpha value is -0.590. The molecule has 0 saturated carbocycles. The fourth-order valence-electron chi connectivity index (χ4n) is 1.79. The van der Waals surface area contributed by atoms with Crippen LogP contribution >= 0.6 is 0 Å². The zero-order valence-corrected chi connectivity index (χ0v) is 16.3. The van der Waals surface area contributed by atoms with Crippen LogP contribution in [-0.2, 0) is 23.3 Å². The number of fused-ring (bicyclic) bond motifs is 1. The summed E-state index contributed by atoms with van der Waals surface area (Å²) in [6.45, 7) is 8.87. The summed E-state index contributed by atoms with van der Waals surface area (Å²) in [6.07, 6.45) is 8.15. The number of hydrogen-bond acceptors (Lipinski definition) is 0. The molecule has 20 heavy (non-hydrogen) atoms. The quantitative estimate of drug-likeness (QED) is 0.440. The first-order valence-electron chi connectivity index (χ1n) is 6.86. The zero-order valence-electron chi connectivity index (χ0n) is 12.8. The van der Waals surface area contributed by atoms with Gasteiger partial charge in [-0.15, -0.1) is 41.5 Å². The second kappa shape index (κ2) is 9.37. The summed E-state index contributed by atoms with van der Waals surface area (Å²) < 4.78 is 0. The van der Waals surface area contributed by atoms with Gasteiger partial charge in [0.25, 0.3) is 0 Å². The van der Waals surface area contributed by atoms with Gasteiger partial charge in [-0.1, -0.05) is 19.9 Å². The molecule has 2 heteroatoms.